The van der Waals surface area contributed by atoms with Gasteiger partial charge in [0.1, 0.15) is 0 Å². The Balaban J connectivity index is 1.94. The second-order valence-corrected chi connectivity index (χ2v) is 6.78. The highest BCUT2D eigenvalue weighted by Crippen LogP contribution is 2.30. The smallest absolute Gasteiger partial charge is 0.317 e. The molecule has 122 valence electrons. The number of urea groups is 1. The molecule has 4 nitrogen and oxygen atoms in total. The van der Waals surface area contributed by atoms with Gasteiger partial charge in [0, 0.05) is 19.7 Å². The topological polar surface area (TPSA) is 52.6 Å². The molecule has 4 heteroatoms. The van der Waals surface area contributed by atoms with Crippen LogP contribution < -0.4 is 5.32 Å². The van der Waals surface area contributed by atoms with E-state index in [1.165, 1.54) is 5.56 Å². The summed E-state index contributed by atoms with van der Waals surface area (Å²) in [5.41, 5.74) is 2.35. The summed E-state index contributed by atoms with van der Waals surface area (Å²) >= 11 is 0. The number of rotatable bonds is 4. The minimum absolute atomic E-state index is 0.00687. The molecule has 1 heterocycles. The molecule has 1 aromatic rings. The van der Waals surface area contributed by atoms with Crippen LogP contribution in [0.25, 0.3) is 0 Å². The number of aryl methyl sites for hydroxylation is 1. The van der Waals surface area contributed by atoms with E-state index in [0.717, 1.165) is 24.8 Å². The number of likely N-dealkylation sites (tertiary alicyclic amines) is 1. The van der Waals surface area contributed by atoms with Gasteiger partial charge in [-0.25, -0.2) is 4.79 Å². The molecular weight excluding hydrogens is 276 g/mol. The van der Waals surface area contributed by atoms with Gasteiger partial charge < -0.3 is 15.3 Å². The Bertz CT molecular complexity index is 490. The fraction of sp³-hybridized carbons (Fsp3) is 0.611. The average molecular weight is 304 g/mol. The van der Waals surface area contributed by atoms with E-state index >= 15 is 0 Å². The van der Waals surface area contributed by atoms with Crippen molar-refractivity contribution in [2.24, 2.45) is 5.41 Å². The Labute approximate surface area is 133 Å². The summed E-state index contributed by atoms with van der Waals surface area (Å²) in [6.07, 6.45) is 2.59. The van der Waals surface area contributed by atoms with Crippen LogP contribution in [0.2, 0.25) is 0 Å². The maximum Gasteiger partial charge on any atom is 0.317 e. The number of aliphatic hydroxyl groups excluding tert-OH is 1. The van der Waals surface area contributed by atoms with Crippen molar-refractivity contribution in [2.45, 2.75) is 46.1 Å². The molecule has 0 radical (unpaired) electrons. The van der Waals surface area contributed by atoms with Crippen molar-refractivity contribution in [3.8, 4) is 0 Å². The van der Waals surface area contributed by atoms with Crippen molar-refractivity contribution in [1.29, 1.82) is 0 Å². The van der Waals surface area contributed by atoms with Gasteiger partial charge in [-0.1, -0.05) is 43.7 Å². The van der Waals surface area contributed by atoms with Crippen LogP contribution in [0.4, 0.5) is 4.79 Å². The lowest BCUT2D eigenvalue weighted by Gasteiger charge is -2.38. The van der Waals surface area contributed by atoms with Crippen LogP contribution >= 0.6 is 0 Å². The summed E-state index contributed by atoms with van der Waals surface area (Å²) in [7, 11) is 0. The van der Waals surface area contributed by atoms with E-state index in [2.05, 4.69) is 50.4 Å². The zero-order chi connectivity index (χ0) is 16.2. The predicted molar refractivity (Wildman–Crippen MR) is 88.7 cm³/mol. The third-order valence-electron chi connectivity index (χ3n) is 4.83. The highest BCUT2D eigenvalue weighted by molar-refractivity contribution is 5.74. The number of hydrogen-bond acceptors (Lipinski definition) is 2. The Morgan fingerprint density at radius 2 is 1.91 bits per heavy atom. The number of carbonyl (C=O) groups excluding carboxylic acids is 1. The van der Waals surface area contributed by atoms with Crippen molar-refractivity contribution >= 4 is 6.03 Å². The monoisotopic (exact) mass is 304 g/mol. The van der Waals surface area contributed by atoms with E-state index in [-0.39, 0.29) is 24.1 Å². The minimum Gasteiger partial charge on any atom is -0.396 e. The van der Waals surface area contributed by atoms with Gasteiger partial charge in [0.05, 0.1) is 6.04 Å². The molecule has 2 amide bonds. The molecule has 22 heavy (non-hydrogen) atoms. The lowest BCUT2D eigenvalue weighted by molar-refractivity contribution is 0.0694. The molecule has 2 rings (SSSR count). The molecule has 1 unspecified atom stereocenters. The Morgan fingerprint density at radius 1 is 1.32 bits per heavy atom. The zero-order valence-electron chi connectivity index (χ0n) is 13.9. The SMILES string of the molecule is CCC(NC(=O)N1CCC(C)(CO)CC1)c1ccc(C)cc1. The van der Waals surface area contributed by atoms with Crippen molar-refractivity contribution in [1.82, 2.24) is 10.2 Å². The van der Waals surface area contributed by atoms with Gasteiger partial charge in [-0.2, -0.15) is 0 Å². The number of amides is 2. The first-order valence-electron chi connectivity index (χ1n) is 8.20. The highest BCUT2D eigenvalue weighted by Gasteiger charge is 2.31. The molecule has 1 fully saturated rings. The maximum absolute atomic E-state index is 12.5. The van der Waals surface area contributed by atoms with Gasteiger partial charge in [0.25, 0.3) is 0 Å². The van der Waals surface area contributed by atoms with E-state index in [1.807, 2.05) is 4.90 Å². The Hall–Kier alpha value is -1.55. The second-order valence-electron chi connectivity index (χ2n) is 6.78. The van der Waals surface area contributed by atoms with Gasteiger partial charge in [-0.05, 0) is 37.2 Å². The van der Waals surface area contributed by atoms with E-state index in [1.54, 1.807) is 0 Å². The largest absolute Gasteiger partial charge is 0.396 e. The zero-order valence-corrected chi connectivity index (χ0v) is 13.9. The summed E-state index contributed by atoms with van der Waals surface area (Å²) in [4.78, 5) is 14.3. The average Bonchev–Trinajstić information content (AvgIpc) is 2.54. The van der Waals surface area contributed by atoms with E-state index in [9.17, 15) is 9.90 Å². The van der Waals surface area contributed by atoms with Crippen LogP contribution in [0.1, 0.15) is 50.3 Å². The fourth-order valence-corrected chi connectivity index (χ4v) is 2.87. The lowest BCUT2D eigenvalue weighted by Crippen LogP contribution is -2.48. The van der Waals surface area contributed by atoms with E-state index in [0.29, 0.717) is 13.1 Å². The molecule has 1 saturated heterocycles. The molecule has 0 bridgehead atoms. The number of benzene rings is 1. The lowest BCUT2D eigenvalue weighted by atomic mass is 9.81. The van der Waals surface area contributed by atoms with Crippen LogP contribution in [-0.2, 0) is 0 Å². The second kappa shape index (κ2) is 7.14. The molecule has 0 saturated carbocycles. The standard InChI is InChI=1S/C18H28N2O2/c1-4-16(15-7-5-14(2)6-8-15)19-17(22)20-11-9-18(3,13-21)10-12-20/h5-8,16,21H,4,9-13H2,1-3H3,(H,19,22). The van der Waals surface area contributed by atoms with Crippen molar-refractivity contribution < 1.29 is 9.90 Å². The number of carbonyl (C=O) groups is 1. The van der Waals surface area contributed by atoms with Crippen molar-refractivity contribution in [3.05, 3.63) is 35.4 Å². The van der Waals surface area contributed by atoms with Gasteiger partial charge in [-0.3, -0.25) is 0 Å². The fourth-order valence-electron chi connectivity index (χ4n) is 2.87. The molecular formula is C18H28N2O2. The summed E-state index contributed by atoms with van der Waals surface area (Å²) in [6, 6.07) is 8.40. The molecule has 1 aliphatic heterocycles. The summed E-state index contributed by atoms with van der Waals surface area (Å²) in [5, 5.41) is 12.6. The van der Waals surface area contributed by atoms with Crippen LogP contribution in [0.3, 0.4) is 0 Å². The quantitative estimate of drug-likeness (QED) is 0.897. The number of nitrogens with zero attached hydrogens (tertiary/aromatic N) is 1. The first-order valence-corrected chi connectivity index (χ1v) is 8.20. The summed E-state index contributed by atoms with van der Waals surface area (Å²) in [5.74, 6) is 0. The molecule has 1 aromatic carbocycles. The van der Waals surface area contributed by atoms with E-state index < -0.39 is 0 Å². The normalized spacial score (nSPS) is 18.8. The number of hydrogen-bond donors (Lipinski definition) is 2. The summed E-state index contributed by atoms with van der Waals surface area (Å²) in [6.45, 7) is 7.87. The Morgan fingerprint density at radius 3 is 2.41 bits per heavy atom. The minimum atomic E-state index is -0.0299. The van der Waals surface area contributed by atoms with Crippen molar-refractivity contribution in [3.63, 3.8) is 0 Å². The molecule has 0 spiro atoms. The van der Waals surface area contributed by atoms with E-state index in [4.69, 9.17) is 0 Å². The number of nitrogens with one attached hydrogen (secondary N) is 1. The predicted octanol–water partition coefficient (Wildman–Crippen LogP) is 3.25. The maximum atomic E-state index is 12.5. The molecule has 1 atom stereocenters. The van der Waals surface area contributed by atoms with Crippen LogP contribution in [0, 0.1) is 12.3 Å². The number of piperidine rings is 1. The number of aliphatic hydroxyl groups is 1. The first kappa shape index (κ1) is 16.8. The van der Waals surface area contributed by atoms with Gasteiger partial charge in [0.15, 0.2) is 0 Å². The van der Waals surface area contributed by atoms with Crippen molar-refractivity contribution in [2.75, 3.05) is 19.7 Å². The van der Waals surface area contributed by atoms with Crippen LogP contribution in [-0.4, -0.2) is 35.7 Å². The molecule has 0 aromatic heterocycles. The molecule has 2 N–H and O–H groups in total. The van der Waals surface area contributed by atoms with Gasteiger partial charge in [0.2, 0.25) is 0 Å². The molecule has 0 aliphatic carbocycles. The van der Waals surface area contributed by atoms with Gasteiger partial charge >= 0.3 is 6.03 Å². The third-order valence-corrected chi connectivity index (χ3v) is 4.83. The van der Waals surface area contributed by atoms with Gasteiger partial charge in [-0.15, -0.1) is 0 Å². The Kier molecular flexibility index (Phi) is 5.46. The van der Waals surface area contributed by atoms with Crippen LogP contribution in [0.15, 0.2) is 24.3 Å². The third kappa shape index (κ3) is 4.01. The van der Waals surface area contributed by atoms with Crippen LogP contribution in [0.5, 0.6) is 0 Å². The highest BCUT2D eigenvalue weighted by atomic mass is 16.3. The first-order chi connectivity index (χ1) is 10.5. The molecule has 1 aliphatic rings. The summed E-state index contributed by atoms with van der Waals surface area (Å²) < 4.78 is 0.